The Kier molecular flexibility index (Phi) is 3.05. The first-order valence-corrected chi connectivity index (χ1v) is 4.43. The fourth-order valence-corrected chi connectivity index (χ4v) is 1.27. The van der Waals surface area contributed by atoms with Gasteiger partial charge in [0, 0.05) is 17.6 Å². The quantitative estimate of drug-likeness (QED) is 0.758. The molecule has 0 saturated heterocycles. The summed E-state index contributed by atoms with van der Waals surface area (Å²) in [5.41, 5.74) is 5.73. The third kappa shape index (κ3) is 2.28. The molecule has 0 spiro atoms. The SMILES string of the molecule is Cl.Nc1snnc1C(=O)NC1CC1. The number of halogens is 1. The number of nitrogen functional groups attached to an aromatic ring is 1. The number of carbonyl (C=O) groups excluding carboxylic acids is 1. The molecular weight excluding hydrogens is 212 g/mol. The number of nitrogens with zero attached hydrogens (tertiary/aromatic N) is 2. The molecule has 72 valence electrons. The normalized spacial score (nSPS) is 14.8. The van der Waals surface area contributed by atoms with Crippen LogP contribution in [0.2, 0.25) is 0 Å². The third-order valence-electron chi connectivity index (χ3n) is 1.64. The second kappa shape index (κ2) is 3.89. The number of amides is 1. The molecule has 2 rings (SSSR count). The van der Waals surface area contributed by atoms with E-state index in [1.807, 2.05) is 0 Å². The van der Waals surface area contributed by atoms with E-state index in [9.17, 15) is 4.79 Å². The van der Waals surface area contributed by atoms with Crippen LogP contribution in [0.5, 0.6) is 0 Å². The first-order chi connectivity index (χ1) is 5.77. The minimum atomic E-state index is -0.205. The molecule has 0 aromatic carbocycles. The molecular formula is C6H9ClN4OS. The number of hydrogen-bond acceptors (Lipinski definition) is 5. The number of carbonyl (C=O) groups is 1. The van der Waals surface area contributed by atoms with E-state index in [1.54, 1.807) is 0 Å². The van der Waals surface area contributed by atoms with Gasteiger partial charge in [-0.2, -0.15) is 0 Å². The second-order valence-corrected chi connectivity index (χ2v) is 3.52. The van der Waals surface area contributed by atoms with Gasteiger partial charge in [0.25, 0.3) is 5.91 Å². The highest BCUT2D eigenvalue weighted by atomic mass is 35.5. The number of aromatic nitrogens is 2. The lowest BCUT2D eigenvalue weighted by Gasteiger charge is -1.98. The van der Waals surface area contributed by atoms with E-state index in [1.165, 1.54) is 0 Å². The molecule has 1 heterocycles. The molecule has 0 radical (unpaired) electrons. The minimum Gasteiger partial charge on any atom is -0.387 e. The topological polar surface area (TPSA) is 80.9 Å². The van der Waals surface area contributed by atoms with Gasteiger partial charge in [0.2, 0.25) is 0 Å². The monoisotopic (exact) mass is 220 g/mol. The van der Waals surface area contributed by atoms with Crippen LogP contribution in [-0.4, -0.2) is 21.5 Å². The standard InChI is InChI=1S/C6H8N4OS.ClH/c7-5-4(9-10-12-5)6(11)8-3-1-2-3;/h3H,1-2,7H2,(H,8,11);1H. The Labute approximate surface area is 85.3 Å². The Morgan fingerprint density at radius 2 is 2.31 bits per heavy atom. The van der Waals surface area contributed by atoms with Crippen molar-refractivity contribution >= 4 is 34.8 Å². The van der Waals surface area contributed by atoms with Crippen molar-refractivity contribution < 1.29 is 4.79 Å². The van der Waals surface area contributed by atoms with E-state index >= 15 is 0 Å². The van der Waals surface area contributed by atoms with Gasteiger partial charge in [0.15, 0.2) is 5.69 Å². The highest BCUT2D eigenvalue weighted by Crippen LogP contribution is 2.20. The van der Waals surface area contributed by atoms with Crippen molar-refractivity contribution in [2.75, 3.05) is 5.73 Å². The van der Waals surface area contributed by atoms with Crippen molar-refractivity contribution in [3.63, 3.8) is 0 Å². The van der Waals surface area contributed by atoms with Crippen LogP contribution < -0.4 is 11.1 Å². The summed E-state index contributed by atoms with van der Waals surface area (Å²) in [4.78, 5) is 11.3. The maximum atomic E-state index is 11.3. The molecule has 1 aromatic rings. The van der Waals surface area contributed by atoms with Crippen molar-refractivity contribution in [2.45, 2.75) is 18.9 Å². The smallest absolute Gasteiger partial charge is 0.275 e. The summed E-state index contributed by atoms with van der Waals surface area (Å²) in [7, 11) is 0. The van der Waals surface area contributed by atoms with Gasteiger partial charge in [-0.15, -0.1) is 17.5 Å². The predicted molar refractivity (Wildman–Crippen MR) is 52.1 cm³/mol. The van der Waals surface area contributed by atoms with E-state index in [0.29, 0.717) is 11.0 Å². The molecule has 1 amide bonds. The Bertz CT molecular complexity index is 311. The lowest BCUT2D eigenvalue weighted by molar-refractivity contribution is 0.0947. The molecule has 1 saturated carbocycles. The molecule has 1 aliphatic carbocycles. The molecule has 13 heavy (non-hydrogen) atoms. The first kappa shape index (κ1) is 10.2. The van der Waals surface area contributed by atoms with Gasteiger partial charge in [-0.25, -0.2) is 0 Å². The Morgan fingerprint density at radius 3 is 2.77 bits per heavy atom. The summed E-state index contributed by atoms with van der Waals surface area (Å²) >= 11 is 1.04. The summed E-state index contributed by atoms with van der Waals surface area (Å²) in [5.74, 6) is -0.205. The third-order valence-corrected chi connectivity index (χ3v) is 2.19. The number of hydrogen-bond donors (Lipinski definition) is 2. The maximum Gasteiger partial charge on any atom is 0.275 e. The van der Waals surface area contributed by atoms with Crippen molar-refractivity contribution in [3.05, 3.63) is 5.69 Å². The minimum absolute atomic E-state index is 0. The molecule has 1 aromatic heterocycles. The molecule has 3 N–H and O–H groups in total. The molecule has 0 unspecified atom stereocenters. The van der Waals surface area contributed by atoms with E-state index in [0.717, 1.165) is 24.4 Å². The van der Waals surface area contributed by atoms with Gasteiger partial charge in [-0.1, -0.05) is 4.49 Å². The molecule has 7 heteroatoms. The van der Waals surface area contributed by atoms with Gasteiger partial charge in [-0.3, -0.25) is 4.79 Å². The zero-order chi connectivity index (χ0) is 8.55. The van der Waals surface area contributed by atoms with Crippen LogP contribution in [-0.2, 0) is 0 Å². The van der Waals surface area contributed by atoms with Crippen LogP contribution in [0.15, 0.2) is 0 Å². The average Bonchev–Trinajstić information content (AvgIpc) is 2.72. The largest absolute Gasteiger partial charge is 0.387 e. The van der Waals surface area contributed by atoms with Crippen LogP contribution >= 0.6 is 23.9 Å². The highest BCUT2D eigenvalue weighted by Gasteiger charge is 2.25. The van der Waals surface area contributed by atoms with Crippen LogP contribution in [0.25, 0.3) is 0 Å². The fraction of sp³-hybridized carbons (Fsp3) is 0.500. The van der Waals surface area contributed by atoms with Gasteiger partial charge in [0.05, 0.1) is 0 Å². The molecule has 0 aliphatic heterocycles. The number of anilines is 1. The Balaban J connectivity index is 0.000000845. The molecule has 1 fully saturated rings. The van der Waals surface area contributed by atoms with Crippen molar-refractivity contribution in [1.82, 2.24) is 14.9 Å². The molecule has 0 bridgehead atoms. The van der Waals surface area contributed by atoms with E-state index < -0.39 is 0 Å². The second-order valence-electron chi connectivity index (χ2n) is 2.73. The van der Waals surface area contributed by atoms with Crippen LogP contribution in [0.1, 0.15) is 23.3 Å². The number of nitrogens with two attached hydrogens (primary N) is 1. The van der Waals surface area contributed by atoms with Crippen molar-refractivity contribution in [3.8, 4) is 0 Å². The van der Waals surface area contributed by atoms with Crippen molar-refractivity contribution in [1.29, 1.82) is 0 Å². The van der Waals surface area contributed by atoms with Gasteiger partial charge in [-0.05, 0) is 12.8 Å². The summed E-state index contributed by atoms with van der Waals surface area (Å²) in [6, 6.07) is 0.332. The highest BCUT2D eigenvalue weighted by molar-refractivity contribution is 7.10. The zero-order valence-corrected chi connectivity index (χ0v) is 8.32. The van der Waals surface area contributed by atoms with E-state index in [4.69, 9.17) is 5.73 Å². The first-order valence-electron chi connectivity index (χ1n) is 3.66. The Morgan fingerprint density at radius 1 is 1.62 bits per heavy atom. The molecule has 0 atom stereocenters. The van der Waals surface area contributed by atoms with Crippen molar-refractivity contribution in [2.24, 2.45) is 0 Å². The number of rotatable bonds is 2. The number of nitrogens with one attached hydrogen (secondary N) is 1. The summed E-state index contributed by atoms with van der Waals surface area (Å²) in [6.45, 7) is 0. The summed E-state index contributed by atoms with van der Waals surface area (Å²) < 4.78 is 3.58. The van der Waals surface area contributed by atoms with E-state index in [2.05, 4.69) is 14.9 Å². The zero-order valence-electron chi connectivity index (χ0n) is 6.69. The lowest BCUT2D eigenvalue weighted by Crippen LogP contribution is -2.26. The molecule has 1 aliphatic rings. The van der Waals surface area contributed by atoms with Gasteiger partial charge in [0.1, 0.15) is 5.00 Å². The Hall–Kier alpha value is -0.880. The van der Waals surface area contributed by atoms with Crippen LogP contribution in [0.4, 0.5) is 5.00 Å². The fourth-order valence-electron chi connectivity index (χ4n) is 0.836. The van der Waals surface area contributed by atoms with Crippen LogP contribution in [0, 0.1) is 0 Å². The van der Waals surface area contributed by atoms with Crippen LogP contribution in [0.3, 0.4) is 0 Å². The summed E-state index contributed by atoms with van der Waals surface area (Å²) in [6.07, 6.45) is 2.12. The maximum absolute atomic E-state index is 11.3. The average molecular weight is 221 g/mol. The summed E-state index contributed by atoms with van der Waals surface area (Å²) in [5, 5.41) is 6.79. The predicted octanol–water partition coefficient (Wildman–Crippen LogP) is 0.434. The van der Waals surface area contributed by atoms with Gasteiger partial charge < -0.3 is 11.1 Å². The molecule has 5 nitrogen and oxygen atoms in total. The lowest BCUT2D eigenvalue weighted by atomic mass is 10.4. The van der Waals surface area contributed by atoms with Gasteiger partial charge >= 0.3 is 0 Å². The van der Waals surface area contributed by atoms with E-state index in [-0.39, 0.29) is 24.0 Å².